The van der Waals surface area contributed by atoms with Crippen LogP contribution >= 0.6 is 0 Å². The summed E-state index contributed by atoms with van der Waals surface area (Å²) in [7, 11) is 1.57. The first-order valence-corrected chi connectivity index (χ1v) is 6.75. The average Bonchev–Trinajstić information content (AvgIpc) is 2.90. The fourth-order valence-corrected chi connectivity index (χ4v) is 2.37. The standard InChI is InChI=1S/C18H16O3/c1-3-4-12-5-8-16-13(9-12)10-18(21-16)15-7-6-14(19)11-17(15)20-2/h3-11,19H,1-2H3. The monoisotopic (exact) mass is 280 g/mol. The van der Waals surface area contributed by atoms with Crippen molar-refractivity contribution < 1.29 is 14.3 Å². The summed E-state index contributed by atoms with van der Waals surface area (Å²) in [6, 6.07) is 13.0. The van der Waals surface area contributed by atoms with Gasteiger partial charge in [-0.3, -0.25) is 0 Å². The van der Waals surface area contributed by atoms with E-state index in [1.807, 2.05) is 37.3 Å². The number of aromatic hydroxyl groups is 1. The van der Waals surface area contributed by atoms with E-state index in [0.717, 1.165) is 27.9 Å². The van der Waals surface area contributed by atoms with E-state index < -0.39 is 0 Å². The highest BCUT2D eigenvalue weighted by molar-refractivity contribution is 5.86. The Morgan fingerprint density at radius 2 is 1.95 bits per heavy atom. The van der Waals surface area contributed by atoms with Crippen molar-refractivity contribution in [3.8, 4) is 22.8 Å². The fourth-order valence-electron chi connectivity index (χ4n) is 2.37. The molecule has 1 N–H and O–H groups in total. The first kappa shape index (κ1) is 13.3. The van der Waals surface area contributed by atoms with Gasteiger partial charge in [-0.15, -0.1) is 0 Å². The third kappa shape index (κ3) is 2.50. The summed E-state index contributed by atoms with van der Waals surface area (Å²) in [4.78, 5) is 0. The summed E-state index contributed by atoms with van der Waals surface area (Å²) in [6.07, 6.45) is 4.05. The van der Waals surface area contributed by atoms with Crippen molar-refractivity contribution in [2.24, 2.45) is 0 Å². The summed E-state index contributed by atoms with van der Waals surface area (Å²) in [5.74, 6) is 1.48. The first-order valence-electron chi connectivity index (χ1n) is 6.75. The van der Waals surface area contributed by atoms with Crippen LogP contribution in [-0.2, 0) is 0 Å². The van der Waals surface area contributed by atoms with Crippen molar-refractivity contribution in [3.05, 3.63) is 54.1 Å². The number of hydrogen-bond donors (Lipinski definition) is 1. The SMILES string of the molecule is CC=Cc1ccc2oc(-c3ccc(O)cc3OC)cc2c1. The van der Waals surface area contributed by atoms with E-state index in [1.165, 1.54) is 0 Å². The maximum Gasteiger partial charge on any atom is 0.139 e. The molecular formula is C18H16O3. The Kier molecular flexibility index (Phi) is 3.40. The lowest BCUT2D eigenvalue weighted by atomic mass is 10.1. The molecule has 3 heteroatoms. The molecule has 106 valence electrons. The minimum Gasteiger partial charge on any atom is -0.508 e. The van der Waals surface area contributed by atoms with E-state index in [1.54, 1.807) is 25.3 Å². The Bertz CT molecular complexity index is 812. The van der Waals surface area contributed by atoms with Crippen LogP contribution in [-0.4, -0.2) is 12.2 Å². The topological polar surface area (TPSA) is 42.6 Å². The van der Waals surface area contributed by atoms with Gasteiger partial charge in [0.15, 0.2) is 0 Å². The van der Waals surface area contributed by atoms with E-state index in [9.17, 15) is 5.11 Å². The molecule has 0 atom stereocenters. The molecule has 0 aliphatic rings. The highest BCUT2D eigenvalue weighted by Gasteiger charge is 2.12. The largest absolute Gasteiger partial charge is 0.508 e. The smallest absolute Gasteiger partial charge is 0.139 e. The van der Waals surface area contributed by atoms with Crippen LogP contribution in [0.3, 0.4) is 0 Å². The molecule has 0 aliphatic heterocycles. The Morgan fingerprint density at radius 3 is 2.71 bits per heavy atom. The van der Waals surface area contributed by atoms with Crippen molar-refractivity contribution in [3.63, 3.8) is 0 Å². The molecule has 1 heterocycles. The molecule has 0 unspecified atom stereocenters. The summed E-state index contributed by atoms with van der Waals surface area (Å²) < 4.78 is 11.2. The van der Waals surface area contributed by atoms with Crippen molar-refractivity contribution >= 4 is 17.0 Å². The van der Waals surface area contributed by atoms with Gasteiger partial charge in [-0.25, -0.2) is 0 Å². The van der Waals surface area contributed by atoms with Crippen LogP contribution in [0.2, 0.25) is 0 Å². The van der Waals surface area contributed by atoms with Gasteiger partial charge >= 0.3 is 0 Å². The van der Waals surface area contributed by atoms with Gasteiger partial charge in [0.25, 0.3) is 0 Å². The molecule has 21 heavy (non-hydrogen) atoms. The van der Waals surface area contributed by atoms with Crippen LogP contribution in [0.5, 0.6) is 11.5 Å². The normalized spacial score (nSPS) is 11.3. The minimum absolute atomic E-state index is 0.169. The van der Waals surface area contributed by atoms with Gasteiger partial charge in [-0.2, -0.15) is 0 Å². The third-order valence-corrected chi connectivity index (χ3v) is 3.35. The molecule has 0 spiro atoms. The average molecular weight is 280 g/mol. The fraction of sp³-hybridized carbons (Fsp3) is 0.111. The highest BCUT2D eigenvalue weighted by atomic mass is 16.5. The van der Waals surface area contributed by atoms with Crippen LogP contribution in [0.4, 0.5) is 0 Å². The number of furan rings is 1. The summed E-state index contributed by atoms with van der Waals surface area (Å²) in [6.45, 7) is 1.99. The van der Waals surface area contributed by atoms with Crippen molar-refractivity contribution in [2.45, 2.75) is 6.92 Å². The van der Waals surface area contributed by atoms with E-state index in [0.29, 0.717) is 5.75 Å². The zero-order chi connectivity index (χ0) is 14.8. The second kappa shape index (κ2) is 5.37. The number of fused-ring (bicyclic) bond motifs is 1. The number of rotatable bonds is 3. The van der Waals surface area contributed by atoms with Crippen molar-refractivity contribution in [1.82, 2.24) is 0 Å². The Hall–Kier alpha value is -2.68. The third-order valence-electron chi connectivity index (χ3n) is 3.35. The van der Waals surface area contributed by atoms with Crippen LogP contribution in [0.15, 0.2) is 53.0 Å². The number of phenolic OH excluding ortho intramolecular Hbond substituents is 1. The Balaban J connectivity index is 2.13. The minimum atomic E-state index is 0.169. The number of ether oxygens (including phenoxy) is 1. The molecule has 0 bridgehead atoms. The maximum absolute atomic E-state index is 9.53. The van der Waals surface area contributed by atoms with Gasteiger partial charge in [0, 0.05) is 11.5 Å². The molecule has 0 amide bonds. The number of hydrogen-bond acceptors (Lipinski definition) is 3. The quantitative estimate of drug-likeness (QED) is 0.746. The van der Waals surface area contributed by atoms with Crippen LogP contribution in [0.1, 0.15) is 12.5 Å². The zero-order valence-electron chi connectivity index (χ0n) is 12.0. The van der Waals surface area contributed by atoms with E-state index in [2.05, 4.69) is 6.07 Å². The molecule has 2 aromatic carbocycles. The van der Waals surface area contributed by atoms with Gasteiger partial charge in [0.05, 0.1) is 12.7 Å². The Labute approximate surface area is 123 Å². The van der Waals surface area contributed by atoms with Gasteiger partial charge < -0.3 is 14.3 Å². The molecule has 3 rings (SSSR count). The summed E-state index contributed by atoms with van der Waals surface area (Å²) in [5.41, 5.74) is 2.78. The van der Waals surface area contributed by atoms with Crippen LogP contribution in [0.25, 0.3) is 28.4 Å². The second-order valence-electron chi connectivity index (χ2n) is 4.79. The molecule has 3 aromatic rings. The number of allylic oxidation sites excluding steroid dienone is 1. The summed E-state index contributed by atoms with van der Waals surface area (Å²) >= 11 is 0. The van der Waals surface area contributed by atoms with Crippen molar-refractivity contribution in [2.75, 3.05) is 7.11 Å². The van der Waals surface area contributed by atoms with Crippen molar-refractivity contribution in [1.29, 1.82) is 0 Å². The van der Waals surface area contributed by atoms with Crippen LogP contribution < -0.4 is 4.74 Å². The van der Waals surface area contributed by atoms with E-state index in [-0.39, 0.29) is 5.75 Å². The summed E-state index contributed by atoms with van der Waals surface area (Å²) in [5, 5.41) is 10.6. The molecule has 0 saturated heterocycles. The Morgan fingerprint density at radius 1 is 1.10 bits per heavy atom. The molecule has 0 saturated carbocycles. The lowest BCUT2D eigenvalue weighted by Gasteiger charge is -2.06. The highest BCUT2D eigenvalue weighted by Crippen LogP contribution is 2.36. The molecular weight excluding hydrogens is 264 g/mol. The molecule has 3 nitrogen and oxygen atoms in total. The van der Waals surface area contributed by atoms with E-state index >= 15 is 0 Å². The van der Waals surface area contributed by atoms with Crippen LogP contribution in [0, 0.1) is 0 Å². The first-order chi connectivity index (χ1) is 10.2. The lowest BCUT2D eigenvalue weighted by molar-refractivity contribution is 0.408. The van der Waals surface area contributed by atoms with Gasteiger partial charge in [0.1, 0.15) is 22.8 Å². The van der Waals surface area contributed by atoms with Gasteiger partial charge in [0.2, 0.25) is 0 Å². The predicted octanol–water partition coefficient (Wildman–Crippen LogP) is 4.85. The molecule has 0 fully saturated rings. The number of benzene rings is 2. The number of phenols is 1. The molecule has 1 aromatic heterocycles. The molecule has 0 aliphatic carbocycles. The number of methoxy groups -OCH3 is 1. The van der Waals surface area contributed by atoms with Gasteiger partial charge in [-0.05, 0) is 42.8 Å². The zero-order valence-corrected chi connectivity index (χ0v) is 12.0. The second-order valence-corrected chi connectivity index (χ2v) is 4.79. The van der Waals surface area contributed by atoms with Gasteiger partial charge in [-0.1, -0.05) is 18.2 Å². The van der Waals surface area contributed by atoms with E-state index in [4.69, 9.17) is 9.15 Å². The maximum atomic E-state index is 9.53. The predicted molar refractivity (Wildman–Crippen MR) is 84.6 cm³/mol. The lowest BCUT2D eigenvalue weighted by Crippen LogP contribution is -1.86. The molecule has 0 radical (unpaired) electrons.